The van der Waals surface area contributed by atoms with E-state index in [2.05, 4.69) is 35.2 Å². The van der Waals surface area contributed by atoms with E-state index in [1.165, 1.54) is 16.8 Å². The smallest absolute Gasteiger partial charge is 0.306 e. The summed E-state index contributed by atoms with van der Waals surface area (Å²) < 4.78 is 5.77. The largest absolute Gasteiger partial charge is 0.481 e. The molecule has 0 amide bonds. The molecule has 4 nitrogen and oxygen atoms in total. The third kappa shape index (κ3) is 4.85. The molecule has 0 aromatic heterocycles. The van der Waals surface area contributed by atoms with Gasteiger partial charge in [0, 0.05) is 25.4 Å². The molecule has 2 aromatic rings. The van der Waals surface area contributed by atoms with Gasteiger partial charge in [0.2, 0.25) is 0 Å². The number of fused-ring (bicyclic) bond motifs is 1. The number of benzene rings is 2. The molecular weight excluding hydrogens is 326 g/mol. The molecule has 0 bridgehead atoms. The van der Waals surface area contributed by atoms with Gasteiger partial charge in [-0.2, -0.15) is 0 Å². The van der Waals surface area contributed by atoms with Crippen LogP contribution in [0.25, 0.3) is 0 Å². The molecule has 4 heteroatoms. The van der Waals surface area contributed by atoms with Gasteiger partial charge in [-0.1, -0.05) is 49.4 Å². The summed E-state index contributed by atoms with van der Waals surface area (Å²) in [5, 5.41) is 9.07. The molecule has 26 heavy (non-hydrogen) atoms. The molecule has 1 N–H and O–H groups in total. The summed E-state index contributed by atoms with van der Waals surface area (Å²) >= 11 is 0. The molecule has 0 radical (unpaired) electrons. The van der Waals surface area contributed by atoms with Crippen LogP contribution in [-0.2, 0) is 29.0 Å². The van der Waals surface area contributed by atoms with E-state index < -0.39 is 5.97 Å². The normalized spacial score (nSPS) is 14.3. The van der Waals surface area contributed by atoms with Crippen LogP contribution in [0.3, 0.4) is 0 Å². The van der Waals surface area contributed by atoms with Crippen LogP contribution in [0.2, 0.25) is 0 Å². The number of nitrogens with zero attached hydrogens (tertiary/aromatic N) is 1. The maximum atomic E-state index is 11.0. The number of hydrogen-bond acceptors (Lipinski definition) is 3. The molecule has 1 heterocycles. The topological polar surface area (TPSA) is 49.8 Å². The first kappa shape index (κ1) is 18.5. The van der Waals surface area contributed by atoms with E-state index in [9.17, 15) is 4.79 Å². The quantitative estimate of drug-likeness (QED) is 0.694. The lowest BCUT2D eigenvalue weighted by atomic mass is 9.99. The third-order valence-electron chi connectivity index (χ3n) is 4.93. The van der Waals surface area contributed by atoms with Gasteiger partial charge >= 0.3 is 5.97 Å². The lowest BCUT2D eigenvalue weighted by molar-refractivity contribution is -0.141. The van der Waals surface area contributed by atoms with Crippen LogP contribution in [0.5, 0.6) is 0 Å². The molecule has 0 saturated heterocycles. The number of anilines is 1. The van der Waals surface area contributed by atoms with Gasteiger partial charge in [-0.15, -0.1) is 0 Å². The summed E-state index contributed by atoms with van der Waals surface area (Å²) in [6.45, 7) is 5.22. The number of rotatable bonds is 9. The number of carbonyl (C=O) groups is 1. The van der Waals surface area contributed by atoms with Crippen molar-refractivity contribution < 1.29 is 14.6 Å². The average molecular weight is 353 g/mol. The van der Waals surface area contributed by atoms with Gasteiger partial charge in [0.05, 0.1) is 12.5 Å². The Hall–Kier alpha value is -2.33. The highest BCUT2D eigenvalue weighted by Gasteiger charge is 2.20. The Morgan fingerprint density at radius 2 is 2.00 bits per heavy atom. The van der Waals surface area contributed by atoms with E-state index in [0.717, 1.165) is 38.1 Å². The van der Waals surface area contributed by atoms with Crippen molar-refractivity contribution in [2.24, 2.45) is 5.92 Å². The fraction of sp³-hybridized carbons (Fsp3) is 0.409. The summed E-state index contributed by atoms with van der Waals surface area (Å²) in [6.07, 6.45) is 2.63. The third-order valence-corrected chi connectivity index (χ3v) is 4.93. The lowest BCUT2D eigenvalue weighted by Gasteiger charge is -2.19. The summed E-state index contributed by atoms with van der Waals surface area (Å²) in [6, 6.07) is 16.7. The molecule has 0 spiro atoms. The maximum absolute atomic E-state index is 11.0. The van der Waals surface area contributed by atoms with Crippen molar-refractivity contribution in [2.45, 2.75) is 32.8 Å². The van der Waals surface area contributed by atoms with Crippen LogP contribution < -0.4 is 4.90 Å². The van der Waals surface area contributed by atoms with E-state index in [1.54, 1.807) is 6.92 Å². The van der Waals surface area contributed by atoms with Crippen LogP contribution in [0.4, 0.5) is 5.69 Å². The van der Waals surface area contributed by atoms with E-state index in [0.29, 0.717) is 13.0 Å². The van der Waals surface area contributed by atoms with Crippen LogP contribution in [0, 0.1) is 5.92 Å². The molecule has 138 valence electrons. The van der Waals surface area contributed by atoms with Gasteiger partial charge in [-0.25, -0.2) is 0 Å². The Kier molecular flexibility index (Phi) is 6.29. The highest BCUT2D eigenvalue weighted by Crippen LogP contribution is 2.29. The monoisotopic (exact) mass is 353 g/mol. The zero-order valence-electron chi connectivity index (χ0n) is 15.4. The summed E-state index contributed by atoms with van der Waals surface area (Å²) in [5.74, 6) is -1.07. The maximum Gasteiger partial charge on any atom is 0.306 e. The van der Waals surface area contributed by atoms with Gasteiger partial charge in [-0.05, 0) is 42.0 Å². The van der Waals surface area contributed by atoms with Crippen LogP contribution in [0.15, 0.2) is 48.5 Å². The van der Waals surface area contributed by atoms with Gasteiger partial charge in [0.25, 0.3) is 0 Å². The van der Waals surface area contributed by atoms with Crippen LogP contribution in [0.1, 0.15) is 30.0 Å². The molecule has 0 saturated carbocycles. The molecule has 0 aliphatic carbocycles. The van der Waals surface area contributed by atoms with Crippen molar-refractivity contribution in [2.75, 3.05) is 24.6 Å². The zero-order valence-corrected chi connectivity index (χ0v) is 15.4. The zero-order chi connectivity index (χ0) is 18.4. The fourth-order valence-electron chi connectivity index (χ4n) is 3.45. The average Bonchev–Trinajstić information content (AvgIpc) is 3.04. The van der Waals surface area contributed by atoms with Crippen molar-refractivity contribution in [3.05, 3.63) is 65.2 Å². The Balaban J connectivity index is 1.45. The molecular formula is C22H27NO3. The minimum atomic E-state index is -0.734. The van der Waals surface area contributed by atoms with E-state index in [-0.39, 0.29) is 5.92 Å². The highest BCUT2D eigenvalue weighted by molar-refractivity contribution is 5.70. The fourth-order valence-corrected chi connectivity index (χ4v) is 3.45. The van der Waals surface area contributed by atoms with Crippen LogP contribution in [-0.4, -0.2) is 30.8 Å². The Morgan fingerprint density at radius 1 is 1.19 bits per heavy atom. The van der Waals surface area contributed by atoms with Crippen molar-refractivity contribution in [1.29, 1.82) is 0 Å². The molecule has 1 aliphatic rings. The Bertz CT molecular complexity index is 729. The Morgan fingerprint density at radius 3 is 2.77 bits per heavy atom. The lowest BCUT2D eigenvalue weighted by Crippen LogP contribution is -2.22. The number of ether oxygens (including phenoxy) is 1. The second kappa shape index (κ2) is 8.86. The number of hydrogen-bond donors (Lipinski definition) is 1. The summed E-state index contributed by atoms with van der Waals surface area (Å²) in [5.41, 5.74) is 4.96. The second-order valence-electron chi connectivity index (χ2n) is 7.04. The SMILES string of the molecule is C[C@H](Cc1ccc2c(c1)CCN2CCCOCc1ccccc1)C(=O)O. The number of carboxylic acid groups (broad SMARTS) is 1. The first-order valence-corrected chi connectivity index (χ1v) is 9.34. The van der Waals surface area contributed by atoms with Crippen molar-refractivity contribution in [1.82, 2.24) is 0 Å². The van der Waals surface area contributed by atoms with Gasteiger partial charge in [0.1, 0.15) is 0 Å². The molecule has 1 atom stereocenters. The van der Waals surface area contributed by atoms with Crippen molar-refractivity contribution >= 4 is 11.7 Å². The molecule has 2 aromatic carbocycles. The summed E-state index contributed by atoms with van der Waals surface area (Å²) in [7, 11) is 0. The van der Waals surface area contributed by atoms with Gasteiger partial charge < -0.3 is 14.7 Å². The van der Waals surface area contributed by atoms with Crippen molar-refractivity contribution in [3.63, 3.8) is 0 Å². The summed E-state index contributed by atoms with van der Waals surface area (Å²) in [4.78, 5) is 13.4. The van der Waals surface area contributed by atoms with E-state index >= 15 is 0 Å². The minimum absolute atomic E-state index is 0.340. The minimum Gasteiger partial charge on any atom is -0.481 e. The predicted octanol–water partition coefficient (Wildman–Crippen LogP) is 3.92. The molecule has 0 fully saturated rings. The van der Waals surface area contributed by atoms with E-state index in [1.807, 2.05) is 18.2 Å². The first-order chi connectivity index (χ1) is 12.6. The van der Waals surface area contributed by atoms with Gasteiger partial charge in [-0.3, -0.25) is 4.79 Å². The molecule has 0 unspecified atom stereocenters. The first-order valence-electron chi connectivity index (χ1n) is 9.34. The van der Waals surface area contributed by atoms with Gasteiger partial charge in [0.15, 0.2) is 0 Å². The van der Waals surface area contributed by atoms with Crippen LogP contribution >= 0.6 is 0 Å². The Labute approximate surface area is 155 Å². The molecule has 3 rings (SSSR count). The predicted molar refractivity (Wildman–Crippen MR) is 104 cm³/mol. The standard InChI is InChI=1S/C22H27NO3/c1-17(22(24)25)14-19-8-9-21-20(15-19)10-12-23(21)11-5-13-26-16-18-6-3-2-4-7-18/h2-4,6-9,15,17H,5,10-14,16H2,1H3,(H,24,25)/t17-/m1/s1. The number of aliphatic carboxylic acids is 1. The number of carboxylic acids is 1. The molecule has 1 aliphatic heterocycles. The van der Waals surface area contributed by atoms with E-state index in [4.69, 9.17) is 9.84 Å². The van der Waals surface area contributed by atoms with Crippen molar-refractivity contribution in [3.8, 4) is 0 Å². The second-order valence-corrected chi connectivity index (χ2v) is 7.04. The highest BCUT2D eigenvalue weighted by atomic mass is 16.5.